The van der Waals surface area contributed by atoms with Crippen LogP contribution in [-0.2, 0) is 41.9 Å². The molecule has 13 rings (SSSR count). The summed E-state index contributed by atoms with van der Waals surface area (Å²) in [5.41, 5.74) is 7.40. The first-order valence-corrected chi connectivity index (χ1v) is 30.5. The molecule has 9 aliphatic rings. The van der Waals surface area contributed by atoms with E-state index in [2.05, 4.69) is 26.0 Å². The monoisotopic (exact) mass is 1200 g/mol. The standard InChI is InChI=1S/C35H39NO7.C21H28O6.C15H14O2.CH4/c1-33-13-12-24(38)15-22(33)8-11-26-27-16-30-35(29(40)18-37,34(27,2)17-28(39)31(26)33)43-32(42-30)21-6-9-25(10-7-21)41-19-20-4-3-5-23(36)14-20;1-19-6-5-12(23)7-11(19)3-4-13-14-8-16(25)21(27,17(26)10-22)20(14,2)9-15(24)18(13)19;1-12-3-2-4-14(9-12)11-17-15-7-5-13(10-16)6-8-15;/h3-7,9-10,12-15,26-28,30-32,37,39H,8,11,16-19,36H2,1-2H3;5-7,13-16,18,22,24-25,27H,3-4,8-10H2,1-2H3;2-10H,11H2,1H3;1H4/t26-,27-,28-,30+,31+,32+,33-,34-,35+;13-,14-,15-,16+,18+,19-,20-,21-;;/m00../s1. The van der Waals surface area contributed by atoms with Crippen molar-refractivity contribution >= 4 is 35.1 Å². The van der Waals surface area contributed by atoms with Gasteiger partial charge in [0.2, 0.25) is 0 Å². The number of anilines is 1. The molecule has 0 spiro atoms. The summed E-state index contributed by atoms with van der Waals surface area (Å²) in [7, 11) is 0. The average molecular weight is 1200 g/mol. The molecule has 1 heterocycles. The van der Waals surface area contributed by atoms with Gasteiger partial charge in [0.05, 0.1) is 24.4 Å². The van der Waals surface area contributed by atoms with Crippen LogP contribution in [-0.4, -0.2) is 109 Å². The Morgan fingerprint density at radius 1 is 0.682 bits per heavy atom. The molecule has 0 aromatic heterocycles. The number of carbonyl (C=O) groups is 5. The number of aliphatic hydroxyl groups is 6. The third-order valence-corrected chi connectivity index (χ3v) is 22.1. The second-order valence-electron chi connectivity index (χ2n) is 26.7. The van der Waals surface area contributed by atoms with Gasteiger partial charge in [0.15, 0.2) is 40.6 Å². The number of aryl methyl sites for hydroxylation is 1. The molecule has 8 aliphatic carbocycles. The van der Waals surface area contributed by atoms with Crippen LogP contribution in [0.15, 0.2) is 145 Å². The average Bonchev–Trinajstić information content (AvgIpc) is 1.45. The van der Waals surface area contributed by atoms with Crippen LogP contribution in [0.25, 0.3) is 0 Å². The maximum absolute atomic E-state index is 13.7. The largest absolute Gasteiger partial charge is 0.489 e. The number of carbonyl (C=O) groups excluding carboxylic acids is 5. The predicted octanol–water partition coefficient (Wildman–Crippen LogP) is 9.00. The zero-order valence-corrected chi connectivity index (χ0v) is 50.1. The third-order valence-electron chi connectivity index (χ3n) is 22.1. The van der Waals surface area contributed by atoms with Gasteiger partial charge in [-0.2, -0.15) is 0 Å². The van der Waals surface area contributed by atoms with Crippen molar-refractivity contribution in [1.82, 2.24) is 0 Å². The fraction of sp³-hybridized carbons (Fsp3) is 0.486. The minimum Gasteiger partial charge on any atom is -0.489 e. The molecular formula is C72H85NO15. The molecule has 7 fully saturated rings. The van der Waals surface area contributed by atoms with E-state index in [0.717, 1.165) is 65.6 Å². The van der Waals surface area contributed by atoms with Crippen molar-refractivity contribution in [2.75, 3.05) is 18.9 Å². The van der Waals surface area contributed by atoms with Gasteiger partial charge in [0.25, 0.3) is 0 Å². The second-order valence-corrected chi connectivity index (χ2v) is 26.7. The van der Waals surface area contributed by atoms with Gasteiger partial charge in [-0.1, -0.05) is 113 Å². The number of Topliss-reactive ketones (excluding diaryl/α,β-unsaturated/α-hetero) is 2. The summed E-state index contributed by atoms with van der Waals surface area (Å²) >= 11 is 0. The lowest BCUT2D eigenvalue weighted by atomic mass is 9.46. The van der Waals surface area contributed by atoms with Crippen LogP contribution >= 0.6 is 0 Å². The first-order chi connectivity index (χ1) is 41.5. The van der Waals surface area contributed by atoms with Gasteiger partial charge < -0.3 is 55.3 Å². The zero-order chi connectivity index (χ0) is 62.0. The first kappa shape index (κ1) is 64.3. The summed E-state index contributed by atoms with van der Waals surface area (Å²) in [4.78, 5) is 60.6. The zero-order valence-electron chi connectivity index (χ0n) is 50.1. The topological polar surface area (TPSA) is 270 Å². The number of aldehydes is 1. The van der Waals surface area contributed by atoms with E-state index in [1.807, 2.05) is 86.7 Å². The van der Waals surface area contributed by atoms with E-state index < -0.39 is 88.3 Å². The second kappa shape index (κ2) is 24.6. The van der Waals surface area contributed by atoms with E-state index in [1.54, 1.807) is 55.5 Å². The quantitative estimate of drug-likeness (QED) is 0.0515. The van der Waals surface area contributed by atoms with Crippen molar-refractivity contribution in [3.63, 3.8) is 0 Å². The van der Waals surface area contributed by atoms with Crippen molar-refractivity contribution in [3.8, 4) is 11.5 Å². The summed E-state index contributed by atoms with van der Waals surface area (Å²) in [6, 6.07) is 30.3. The normalized spacial score (nSPS) is 36.9. The number of ether oxygens (including phenoxy) is 4. The number of nitrogen functional groups attached to an aromatic ring is 1. The maximum Gasteiger partial charge on any atom is 0.193 e. The number of rotatable bonds is 12. The van der Waals surface area contributed by atoms with Crippen LogP contribution in [0.2, 0.25) is 0 Å². The van der Waals surface area contributed by atoms with Crippen molar-refractivity contribution in [2.45, 2.75) is 149 Å². The molecule has 16 nitrogen and oxygen atoms in total. The highest BCUT2D eigenvalue weighted by atomic mass is 16.7. The molecule has 0 bridgehead atoms. The lowest BCUT2D eigenvalue weighted by molar-refractivity contribution is -0.201. The molecule has 468 valence electrons. The summed E-state index contributed by atoms with van der Waals surface area (Å²) in [5, 5.41) is 64.3. The fourth-order valence-electron chi connectivity index (χ4n) is 18.0. The molecule has 88 heavy (non-hydrogen) atoms. The molecule has 4 aromatic carbocycles. The molecule has 17 atom stereocenters. The van der Waals surface area contributed by atoms with Crippen molar-refractivity contribution in [1.29, 1.82) is 0 Å². The third kappa shape index (κ3) is 10.8. The first-order valence-electron chi connectivity index (χ1n) is 30.5. The number of ketones is 4. The van der Waals surface area contributed by atoms with E-state index >= 15 is 0 Å². The number of nitrogens with two attached hydrogens (primary N) is 1. The lowest BCUT2D eigenvalue weighted by Crippen LogP contribution is -2.63. The molecule has 0 unspecified atom stereocenters. The molecule has 8 N–H and O–H groups in total. The Bertz CT molecular complexity index is 3440. The number of fused-ring (bicyclic) bond motifs is 12. The minimum atomic E-state index is -2.05. The molecule has 4 aromatic rings. The number of allylic oxidation sites excluding steroid dienone is 8. The Morgan fingerprint density at radius 3 is 1.72 bits per heavy atom. The maximum atomic E-state index is 13.7. The van der Waals surface area contributed by atoms with E-state index in [1.165, 1.54) is 5.56 Å². The molecule has 0 amide bonds. The van der Waals surface area contributed by atoms with Gasteiger partial charge in [-0.3, -0.25) is 24.0 Å². The van der Waals surface area contributed by atoms with Gasteiger partial charge in [0.1, 0.15) is 44.2 Å². The van der Waals surface area contributed by atoms with Crippen LogP contribution < -0.4 is 15.2 Å². The molecule has 6 saturated carbocycles. The predicted molar refractivity (Wildman–Crippen MR) is 329 cm³/mol. The Morgan fingerprint density at radius 2 is 1.19 bits per heavy atom. The van der Waals surface area contributed by atoms with Gasteiger partial charge in [0, 0.05) is 50.3 Å². The van der Waals surface area contributed by atoms with E-state index in [-0.39, 0.29) is 67.3 Å². The number of aliphatic hydroxyl groups excluding tert-OH is 5. The highest BCUT2D eigenvalue weighted by molar-refractivity contribution is 6.02. The highest BCUT2D eigenvalue weighted by Gasteiger charge is 2.76. The van der Waals surface area contributed by atoms with Crippen LogP contribution in [0.3, 0.4) is 0 Å². The van der Waals surface area contributed by atoms with Crippen molar-refractivity contribution in [3.05, 3.63) is 172 Å². The van der Waals surface area contributed by atoms with Crippen LogP contribution in [0.4, 0.5) is 5.69 Å². The van der Waals surface area contributed by atoms with Crippen LogP contribution in [0, 0.1) is 64.1 Å². The van der Waals surface area contributed by atoms with Gasteiger partial charge in [-0.05, 0) is 166 Å². The Balaban J connectivity index is 0.000000162. The SMILES string of the molecule is C.C[C@]12C=CC(=O)C=C1CC[C@@H]1[C@@H]2[C@@H](O)C[C@@]2(C)[C@H]1C[C@@H](O)[C@]2(O)C(=O)CO.C[C@]12C=CC(=O)C=C1CC[C@@H]1[C@@H]2[C@@H](O)C[C@@]2(C)[C@H]1C[C@H]1O[C@@H](c3ccc(OCc4cccc(N)c4)cc3)O[C@]12C(=O)CO.Cc1cccc(COc2ccc(C=O)cc2)c1. The molecule has 1 aliphatic heterocycles. The Hall–Kier alpha value is -6.73. The summed E-state index contributed by atoms with van der Waals surface area (Å²) in [5.74, 6) is 0.0465. The lowest BCUT2D eigenvalue weighted by Gasteiger charge is -2.59. The number of benzene rings is 4. The molecule has 1 saturated heterocycles. The van der Waals surface area contributed by atoms with Gasteiger partial charge in [-0.25, -0.2) is 0 Å². The van der Waals surface area contributed by atoms with E-state index in [9.17, 15) is 54.6 Å². The van der Waals surface area contributed by atoms with Gasteiger partial charge >= 0.3 is 0 Å². The van der Waals surface area contributed by atoms with E-state index in [0.29, 0.717) is 43.1 Å². The molecular weight excluding hydrogens is 1120 g/mol. The highest BCUT2D eigenvalue weighted by Crippen LogP contribution is 2.71. The van der Waals surface area contributed by atoms with Crippen LogP contribution in [0.5, 0.6) is 11.5 Å². The van der Waals surface area contributed by atoms with Gasteiger partial charge in [-0.15, -0.1) is 0 Å². The van der Waals surface area contributed by atoms with E-state index in [4.69, 9.17) is 24.7 Å². The smallest absolute Gasteiger partial charge is 0.193 e. The minimum absolute atomic E-state index is 0. The number of hydrogen-bond donors (Lipinski definition) is 7. The molecule has 16 heteroatoms. The summed E-state index contributed by atoms with van der Waals surface area (Å²) < 4.78 is 24.8. The summed E-state index contributed by atoms with van der Waals surface area (Å²) in [6.45, 7) is 9.45. The number of hydrogen-bond acceptors (Lipinski definition) is 16. The van der Waals surface area contributed by atoms with Crippen LogP contribution in [0.1, 0.15) is 125 Å². The Labute approximate surface area is 515 Å². The summed E-state index contributed by atoms with van der Waals surface area (Å²) in [6.07, 6.45) is 11.6. The molecule has 0 radical (unpaired) electrons. The Kier molecular flexibility index (Phi) is 17.9. The van der Waals surface area contributed by atoms with Crippen molar-refractivity contribution in [2.24, 2.45) is 57.2 Å². The van der Waals surface area contributed by atoms with Crippen molar-refractivity contribution < 1.29 is 73.6 Å². The fourth-order valence-corrected chi connectivity index (χ4v) is 18.0.